The Morgan fingerprint density at radius 3 is 2.88 bits per heavy atom. The molecule has 0 radical (unpaired) electrons. The van der Waals surface area contributed by atoms with Gasteiger partial charge in [-0.3, -0.25) is 4.99 Å². The van der Waals surface area contributed by atoms with Crippen molar-refractivity contribution < 1.29 is 5.11 Å². The number of rotatable bonds is 1. The maximum Gasteiger partial charge on any atom is 0.125 e. The Labute approximate surface area is 48.4 Å². The Bertz CT molecular complexity index is 109. The highest BCUT2D eigenvalue weighted by atomic mass is 16.3. The van der Waals surface area contributed by atoms with Crippen molar-refractivity contribution in [1.29, 1.82) is 0 Å². The second-order valence-electron chi connectivity index (χ2n) is 1.87. The molecule has 0 bridgehead atoms. The van der Waals surface area contributed by atoms with Crippen LogP contribution in [0, 0.1) is 0 Å². The van der Waals surface area contributed by atoms with Gasteiger partial charge < -0.3 is 10.4 Å². The van der Waals surface area contributed by atoms with E-state index >= 15 is 0 Å². The monoisotopic (exact) mass is 114 g/mol. The number of nitrogens with one attached hydrogen (secondary N) is 1. The van der Waals surface area contributed by atoms with Gasteiger partial charge >= 0.3 is 0 Å². The van der Waals surface area contributed by atoms with Crippen LogP contribution in [-0.2, 0) is 0 Å². The minimum Gasteiger partial charge on any atom is -0.386 e. The lowest BCUT2D eigenvalue weighted by Gasteiger charge is -2.02. The van der Waals surface area contributed by atoms with Crippen molar-refractivity contribution in [2.45, 2.75) is 13.0 Å². The quantitative estimate of drug-likeness (QED) is 0.476. The average molecular weight is 114 g/mol. The molecule has 0 saturated carbocycles. The standard InChI is InChI=1S/C5H10N2O/c1-4(8)5-6-2-3-7-5/h4,8H,2-3H2,1H3,(H,6,7)/t4-/m0/s1. The van der Waals surface area contributed by atoms with Crippen LogP contribution in [0.2, 0.25) is 0 Å². The third kappa shape index (κ3) is 0.980. The van der Waals surface area contributed by atoms with Gasteiger partial charge in [-0.15, -0.1) is 0 Å². The highest BCUT2D eigenvalue weighted by Gasteiger charge is 2.08. The second kappa shape index (κ2) is 2.13. The van der Waals surface area contributed by atoms with E-state index in [1.165, 1.54) is 0 Å². The maximum absolute atomic E-state index is 8.86. The Morgan fingerprint density at radius 1 is 1.88 bits per heavy atom. The van der Waals surface area contributed by atoms with E-state index in [2.05, 4.69) is 10.3 Å². The van der Waals surface area contributed by atoms with Gasteiger partial charge in [0.15, 0.2) is 0 Å². The van der Waals surface area contributed by atoms with E-state index in [1.807, 2.05) is 0 Å². The van der Waals surface area contributed by atoms with E-state index < -0.39 is 6.10 Å². The van der Waals surface area contributed by atoms with E-state index in [0.29, 0.717) is 0 Å². The van der Waals surface area contributed by atoms with E-state index in [1.54, 1.807) is 6.92 Å². The van der Waals surface area contributed by atoms with Crippen LogP contribution in [-0.4, -0.2) is 30.1 Å². The minimum atomic E-state index is -0.419. The summed E-state index contributed by atoms with van der Waals surface area (Å²) in [4.78, 5) is 3.99. The van der Waals surface area contributed by atoms with Gasteiger partial charge in [-0.2, -0.15) is 0 Å². The number of amidine groups is 1. The fourth-order valence-corrected chi connectivity index (χ4v) is 0.696. The van der Waals surface area contributed by atoms with Crippen molar-refractivity contribution in [3.63, 3.8) is 0 Å². The van der Waals surface area contributed by atoms with Crippen molar-refractivity contribution >= 4 is 5.84 Å². The lowest BCUT2D eigenvalue weighted by atomic mass is 10.4. The predicted molar refractivity (Wildman–Crippen MR) is 32.0 cm³/mol. The summed E-state index contributed by atoms with van der Waals surface area (Å²) in [7, 11) is 0. The highest BCUT2D eigenvalue weighted by Crippen LogP contribution is 1.89. The average Bonchev–Trinajstić information content (AvgIpc) is 2.12. The zero-order chi connectivity index (χ0) is 5.98. The van der Waals surface area contributed by atoms with E-state index in [-0.39, 0.29) is 0 Å². The summed E-state index contributed by atoms with van der Waals surface area (Å²) in [5, 5.41) is 11.8. The van der Waals surface area contributed by atoms with E-state index in [4.69, 9.17) is 5.11 Å². The summed E-state index contributed by atoms with van der Waals surface area (Å²) >= 11 is 0. The van der Waals surface area contributed by atoms with Gasteiger partial charge in [0.25, 0.3) is 0 Å². The van der Waals surface area contributed by atoms with Gasteiger partial charge in [0, 0.05) is 6.54 Å². The molecule has 3 heteroatoms. The van der Waals surface area contributed by atoms with Crippen LogP contribution >= 0.6 is 0 Å². The van der Waals surface area contributed by atoms with E-state index in [0.717, 1.165) is 18.9 Å². The molecular formula is C5H10N2O. The number of aliphatic imine (C=N–C) groups is 1. The van der Waals surface area contributed by atoms with Crippen LogP contribution in [0.15, 0.2) is 4.99 Å². The number of nitrogens with zero attached hydrogens (tertiary/aromatic N) is 1. The maximum atomic E-state index is 8.86. The van der Waals surface area contributed by atoms with Crippen molar-refractivity contribution in [3.8, 4) is 0 Å². The lowest BCUT2D eigenvalue weighted by Crippen LogP contribution is -2.28. The number of aliphatic hydroxyl groups is 1. The molecule has 8 heavy (non-hydrogen) atoms. The third-order valence-electron chi connectivity index (χ3n) is 1.10. The van der Waals surface area contributed by atoms with E-state index in [9.17, 15) is 0 Å². The number of aliphatic hydroxyl groups excluding tert-OH is 1. The number of hydrogen-bond acceptors (Lipinski definition) is 3. The molecule has 2 N–H and O–H groups in total. The molecule has 1 heterocycles. The molecule has 0 unspecified atom stereocenters. The Kier molecular flexibility index (Phi) is 1.48. The summed E-state index contributed by atoms with van der Waals surface area (Å²) in [5.74, 6) is 0.727. The van der Waals surface area contributed by atoms with Gasteiger partial charge in [0.2, 0.25) is 0 Å². The van der Waals surface area contributed by atoms with Gasteiger partial charge in [-0.25, -0.2) is 0 Å². The molecule has 1 rings (SSSR count). The Morgan fingerprint density at radius 2 is 2.62 bits per heavy atom. The van der Waals surface area contributed by atoms with Gasteiger partial charge in [0.1, 0.15) is 11.9 Å². The summed E-state index contributed by atoms with van der Waals surface area (Å²) in [6, 6.07) is 0. The minimum absolute atomic E-state index is 0.419. The summed E-state index contributed by atoms with van der Waals surface area (Å²) in [6.07, 6.45) is -0.419. The molecule has 1 aliphatic rings. The van der Waals surface area contributed by atoms with Crippen LogP contribution in [0.1, 0.15) is 6.92 Å². The van der Waals surface area contributed by atoms with Crippen molar-refractivity contribution in [2.24, 2.45) is 4.99 Å². The van der Waals surface area contributed by atoms with Crippen LogP contribution in [0.4, 0.5) is 0 Å². The predicted octanol–water partition coefficient (Wildman–Crippen LogP) is -0.631. The first-order chi connectivity index (χ1) is 3.80. The van der Waals surface area contributed by atoms with Crippen molar-refractivity contribution in [1.82, 2.24) is 5.32 Å². The Hall–Kier alpha value is -0.570. The molecule has 0 fully saturated rings. The Balaban J connectivity index is 2.45. The van der Waals surface area contributed by atoms with Crippen LogP contribution < -0.4 is 5.32 Å². The summed E-state index contributed by atoms with van der Waals surface area (Å²) < 4.78 is 0. The largest absolute Gasteiger partial charge is 0.386 e. The number of hydrogen-bond donors (Lipinski definition) is 2. The molecule has 1 aliphatic heterocycles. The van der Waals surface area contributed by atoms with Crippen molar-refractivity contribution in [3.05, 3.63) is 0 Å². The molecule has 0 aromatic heterocycles. The van der Waals surface area contributed by atoms with Gasteiger partial charge in [0.05, 0.1) is 6.54 Å². The van der Waals surface area contributed by atoms with Crippen LogP contribution in [0.3, 0.4) is 0 Å². The van der Waals surface area contributed by atoms with Crippen molar-refractivity contribution in [2.75, 3.05) is 13.1 Å². The highest BCUT2D eigenvalue weighted by molar-refractivity contribution is 5.87. The SMILES string of the molecule is C[C@H](O)C1=NCCN1. The topological polar surface area (TPSA) is 44.6 Å². The molecule has 0 amide bonds. The fourth-order valence-electron chi connectivity index (χ4n) is 0.696. The molecule has 1 atom stereocenters. The molecule has 0 spiro atoms. The molecule has 0 aliphatic carbocycles. The lowest BCUT2D eigenvalue weighted by molar-refractivity contribution is 0.259. The van der Waals surface area contributed by atoms with Gasteiger partial charge in [-0.1, -0.05) is 0 Å². The molecule has 0 saturated heterocycles. The normalized spacial score (nSPS) is 22.0. The molecule has 46 valence electrons. The summed E-state index contributed by atoms with van der Waals surface area (Å²) in [5.41, 5.74) is 0. The molecule has 0 aromatic carbocycles. The van der Waals surface area contributed by atoms with Gasteiger partial charge in [-0.05, 0) is 6.92 Å². The van der Waals surface area contributed by atoms with Crippen LogP contribution in [0.25, 0.3) is 0 Å². The fraction of sp³-hybridized carbons (Fsp3) is 0.800. The first-order valence-corrected chi connectivity index (χ1v) is 2.77. The summed E-state index contributed by atoms with van der Waals surface area (Å²) in [6.45, 7) is 3.39. The zero-order valence-corrected chi connectivity index (χ0v) is 4.89. The molecule has 0 aromatic rings. The first kappa shape index (κ1) is 5.56. The van der Waals surface area contributed by atoms with Crippen LogP contribution in [0.5, 0.6) is 0 Å². The molecule has 3 nitrogen and oxygen atoms in total. The molecular weight excluding hydrogens is 104 g/mol. The second-order valence-corrected chi connectivity index (χ2v) is 1.87. The first-order valence-electron chi connectivity index (χ1n) is 2.77. The third-order valence-corrected chi connectivity index (χ3v) is 1.10. The zero-order valence-electron chi connectivity index (χ0n) is 4.89. The smallest absolute Gasteiger partial charge is 0.125 e.